The van der Waals surface area contributed by atoms with E-state index in [-0.39, 0.29) is 0 Å². The van der Waals surface area contributed by atoms with Crippen LogP contribution in [0.25, 0.3) is 22.2 Å². The molecule has 0 aliphatic heterocycles. The first-order chi connectivity index (χ1) is 10.5. The van der Waals surface area contributed by atoms with E-state index in [1.54, 1.807) is 21.0 Å². The van der Waals surface area contributed by atoms with Crippen LogP contribution in [0.15, 0.2) is 35.0 Å². The number of hydrogen-bond donors (Lipinski definition) is 1. The van der Waals surface area contributed by atoms with Crippen LogP contribution in [0.2, 0.25) is 0 Å². The SMILES string of the molecule is Cc1oncc1-c1[nH]c2ccccc2c1C(=O)C(=O)N(C)C. The number of benzene rings is 1. The van der Waals surface area contributed by atoms with Crippen LogP contribution in [0.3, 0.4) is 0 Å². The topological polar surface area (TPSA) is 79.2 Å². The molecule has 2 heterocycles. The molecule has 0 unspecified atom stereocenters. The van der Waals surface area contributed by atoms with Crippen molar-refractivity contribution in [2.45, 2.75) is 6.92 Å². The predicted molar refractivity (Wildman–Crippen MR) is 81.6 cm³/mol. The van der Waals surface area contributed by atoms with Gasteiger partial charge in [-0.1, -0.05) is 23.4 Å². The number of fused-ring (bicyclic) bond motifs is 1. The number of aromatic amines is 1. The first-order valence-corrected chi connectivity index (χ1v) is 6.79. The van der Waals surface area contributed by atoms with E-state index in [0.717, 1.165) is 5.52 Å². The highest BCUT2D eigenvalue weighted by Crippen LogP contribution is 2.32. The zero-order valence-corrected chi connectivity index (χ0v) is 12.5. The maximum atomic E-state index is 12.6. The molecule has 6 nitrogen and oxygen atoms in total. The highest BCUT2D eigenvalue weighted by atomic mass is 16.5. The Bertz CT molecular complexity index is 874. The van der Waals surface area contributed by atoms with Crippen molar-refractivity contribution in [3.8, 4) is 11.3 Å². The average molecular weight is 297 g/mol. The Hall–Kier alpha value is -2.89. The molecule has 0 radical (unpaired) electrons. The highest BCUT2D eigenvalue weighted by molar-refractivity contribution is 6.46. The van der Waals surface area contributed by atoms with Gasteiger partial charge in [0.15, 0.2) is 0 Å². The molecule has 1 amide bonds. The van der Waals surface area contributed by atoms with Gasteiger partial charge in [-0.05, 0) is 13.0 Å². The van der Waals surface area contributed by atoms with Crippen LogP contribution >= 0.6 is 0 Å². The first kappa shape index (κ1) is 14.1. The quantitative estimate of drug-likeness (QED) is 0.594. The van der Waals surface area contributed by atoms with Gasteiger partial charge in [0, 0.05) is 25.0 Å². The molecule has 3 rings (SSSR count). The molecule has 0 bridgehead atoms. The van der Waals surface area contributed by atoms with Gasteiger partial charge in [-0.3, -0.25) is 9.59 Å². The zero-order chi connectivity index (χ0) is 15.9. The van der Waals surface area contributed by atoms with E-state index in [2.05, 4.69) is 10.1 Å². The molecule has 6 heteroatoms. The molecule has 112 valence electrons. The minimum atomic E-state index is -0.569. The van der Waals surface area contributed by atoms with Gasteiger partial charge in [-0.25, -0.2) is 0 Å². The third-order valence-electron chi connectivity index (χ3n) is 3.55. The number of aromatic nitrogens is 2. The molecule has 0 saturated carbocycles. The largest absolute Gasteiger partial charge is 0.361 e. The molecule has 1 N–H and O–H groups in total. The maximum absolute atomic E-state index is 12.6. The number of likely N-dealkylation sites (N-methyl/N-ethyl adjacent to an activating group) is 1. The number of Topliss-reactive ketones (excluding diaryl/α,β-unsaturated/α-hetero) is 1. The van der Waals surface area contributed by atoms with Crippen molar-refractivity contribution in [1.82, 2.24) is 15.0 Å². The van der Waals surface area contributed by atoms with Gasteiger partial charge in [-0.15, -0.1) is 0 Å². The molecule has 1 aromatic carbocycles. The van der Waals surface area contributed by atoms with Gasteiger partial charge >= 0.3 is 0 Å². The Labute approximate surface area is 126 Å². The molecule has 0 aliphatic carbocycles. The smallest absolute Gasteiger partial charge is 0.294 e. The van der Waals surface area contributed by atoms with Crippen molar-refractivity contribution >= 4 is 22.6 Å². The van der Waals surface area contributed by atoms with Crippen molar-refractivity contribution in [2.24, 2.45) is 0 Å². The number of nitrogens with one attached hydrogen (secondary N) is 1. The molecule has 2 aromatic heterocycles. The molecule has 0 spiro atoms. The molecular weight excluding hydrogens is 282 g/mol. The van der Waals surface area contributed by atoms with Gasteiger partial charge in [0.25, 0.3) is 11.7 Å². The van der Waals surface area contributed by atoms with Crippen molar-refractivity contribution < 1.29 is 14.1 Å². The molecular formula is C16H15N3O3. The molecule has 0 aliphatic rings. The normalized spacial score (nSPS) is 10.9. The monoisotopic (exact) mass is 297 g/mol. The van der Waals surface area contributed by atoms with Gasteiger partial charge in [-0.2, -0.15) is 0 Å². The van der Waals surface area contributed by atoms with Crippen LogP contribution in [0, 0.1) is 6.92 Å². The van der Waals surface area contributed by atoms with Crippen LogP contribution in [0.1, 0.15) is 16.1 Å². The van der Waals surface area contributed by atoms with E-state index >= 15 is 0 Å². The molecule has 0 fully saturated rings. The standard InChI is InChI=1S/C16H15N3O3/c1-9-11(8-17-22-9)14-13(15(20)16(21)19(2)3)10-6-4-5-7-12(10)18-14/h4-8,18H,1-3H3. The fourth-order valence-electron chi connectivity index (χ4n) is 2.43. The lowest BCUT2D eigenvalue weighted by molar-refractivity contribution is -0.124. The van der Waals surface area contributed by atoms with E-state index in [0.29, 0.717) is 28.0 Å². The first-order valence-electron chi connectivity index (χ1n) is 6.79. The Kier molecular flexibility index (Phi) is 3.29. The van der Waals surface area contributed by atoms with E-state index < -0.39 is 11.7 Å². The summed E-state index contributed by atoms with van der Waals surface area (Å²) in [6.07, 6.45) is 1.54. The lowest BCUT2D eigenvalue weighted by Crippen LogP contribution is -2.30. The van der Waals surface area contributed by atoms with E-state index in [9.17, 15) is 9.59 Å². The number of aryl methyl sites for hydroxylation is 1. The summed E-state index contributed by atoms with van der Waals surface area (Å²) in [5.74, 6) is -0.545. The number of para-hydroxylation sites is 1. The summed E-state index contributed by atoms with van der Waals surface area (Å²) in [5, 5.41) is 4.45. The van der Waals surface area contributed by atoms with Crippen molar-refractivity contribution in [2.75, 3.05) is 14.1 Å². The summed E-state index contributed by atoms with van der Waals surface area (Å²) in [6, 6.07) is 7.37. The van der Waals surface area contributed by atoms with Crippen LogP contribution in [0.5, 0.6) is 0 Å². The van der Waals surface area contributed by atoms with Crippen molar-refractivity contribution in [3.63, 3.8) is 0 Å². The minimum Gasteiger partial charge on any atom is -0.361 e. The number of H-pyrrole nitrogens is 1. The van der Waals surface area contributed by atoms with Crippen LogP contribution in [-0.4, -0.2) is 40.8 Å². The Morgan fingerprint density at radius 3 is 2.59 bits per heavy atom. The lowest BCUT2D eigenvalue weighted by atomic mass is 10.0. The summed E-state index contributed by atoms with van der Waals surface area (Å²) >= 11 is 0. The number of ketones is 1. The van der Waals surface area contributed by atoms with Crippen LogP contribution < -0.4 is 0 Å². The second-order valence-corrected chi connectivity index (χ2v) is 5.24. The van der Waals surface area contributed by atoms with Gasteiger partial charge < -0.3 is 14.4 Å². The molecule has 22 heavy (non-hydrogen) atoms. The van der Waals surface area contributed by atoms with Crippen molar-refractivity contribution in [1.29, 1.82) is 0 Å². The predicted octanol–water partition coefficient (Wildman–Crippen LogP) is 2.40. The fraction of sp³-hybridized carbons (Fsp3) is 0.188. The average Bonchev–Trinajstić information content (AvgIpc) is 3.08. The highest BCUT2D eigenvalue weighted by Gasteiger charge is 2.27. The minimum absolute atomic E-state index is 0.348. The second kappa shape index (κ2) is 5.14. The number of amides is 1. The Morgan fingerprint density at radius 2 is 1.95 bits per heavy atom. The van der Waals surface area contributed by atoms with E-state index in [4.69, 9.17) is 4.52 Å². The number of hydrogen-bond acceptors (Lipinski definition) is 4. The zero-order valence-electron chi connectivity index (χ0n) is 12.5. The summed E-state index contributed by atoms with van der Waals surface area (Å²) in [5.41, 5.74) is 2.36. The summed E-state index contributed by atoms with van der Waals surface area (Å²) in [4.78, 5) is 29.2. The Morgan fingerprint density at radius 1 is 1.23 bits per heavy atom. The van der Waals surface area contributed by atoms with Gasteiger partial charge in [0.1, 0.15) is 5.76 Å². The maximum Gasteiger partial charge on any atom is 0.294 e. The summed E-state index contributed by atoms with van der Waals surface area (Å²) < 4.78 is 5.08. The third kappa shape index (κ3) is 2.09. The number of nitrogens with zero attached hydrogens (tertiary/aromatic N) is 2. The van der Waals surface area contributed by atoms with Crippen LogP contribution in [0.4, 0.5) is 0 Å². The lowest BCUT2D eigenvalue weighted by Gasteiger charge is -2.09. The fourth-order valence-corrected chi connectivity index (χ4v) is 2.43. The number of carbonyl (C=O) groups excluding carboxylic acids is 2. The summed E-state index contributed by atoms with van der Waals surface area (Å²) in [6.45, 7) is 1.76. The van der Waals surface area contributed by atoms with Crippen molar-refractivity contribution in [3.05, 3.63) is 41.8 Å². The van der Waals surface area contributed by atoms with Crippen LogP contribution in [-0.2, 0) is 4.79 Å². The molecule has 3 aromatic rings. The number of carbonyl (C=O) groups is 2. The van der Waals surface area contributed by atoms with Gasteiger partial charge in [0.2, 0.25) is 0 Å². The third-order valence-corrected chi connectivity index (χ3v) is 3.55. The molecule has 0 saturated heterocycles. The van der Waals surface area contributed by atoms with Gasteiger partial charge in [0.05, 0.1) is 23.0 Å². The van der Waals surface area contributed by atoms with E-state index in [1.807, 2.05) is 24.3 Å². The Balaban J connectivity index is 2.29. The summed E-state index contributed by atoms with van der Waals surface area (Å²) in [7, 11) is 3.11. The van der Waals surface area contributed by atoms with E-state index in [1.165, 1.54) is 11.1 Å². The second-order valence-electron chi connectivity index (χ2n) is 5.24. The number of rotatable bonds is 3. The molecule has 0 atom stereocenters.